The number of nitrogens with one attached hydrogen (secondary N) is 1. The Bertz CT molecular complexity index is 1240. The van der Waals surface area contributed by atoms with Gasteiger partial charge in [-0.25, -0.2) is 0 Å². The van der Waals surface area contributed by atoms with Crippen LogP contribution in [0.15, 0.2) is 109 Å². The van der Waals surface area contributed by atoms with Gasteiger partial charge in [0.2, 0.25) is 5.91 Å². The molecule has 0 fully saturated rings. The minimum atomic E-state index is -0.0956. The molecule has 4 rings (SSSR count). The van der Waals surface area contributed by atoms with Crippen molar-refractivity contribution in [1.82, 2.24) is 0 Å². The normalized spacial score (nSPS) is 10.5. The maximum Gasteiger partial charge on any atom is 0.258 e. The molecular weight excluding hydrogens is 408 g/mol. The maximum absolute atomic E-state index is 13.4. The quantitative estimate of drug-likeness (QED) is 0.386. The first-order valence-corrected chi connectivity index (χ1v) is 10.9. The van der Waals surface area contributed by atoms with Crippen LogP contribution in [0.3, 0.4) is 0 Å². The zero-order chi connectivity index (χ0) is 23.0. The van der Waals surface area contributed by atoms with E-state index in [1.807, 2.05) is 116 Å². The van der Waals surface area contributed by atoms with Crippen LogP contribution in [0.5, 0.6) is 0 Å². The molecule has 0 unspecified atom stereocenters. The second-order valence-corrected chi connectivity index (χ2v) is 8.01. The fourth-order valence-corrected chi connectivity index (χ4v) is 3.73. The van der Waals surface area contributed by atoms with Crippen molar-refractivity contribution >= 4 is 23.2 Å². The number of benzene rings is 4. The number of hydrogen-bond acceptors (Lipinski definition) is 2. The Hall–Kier alpha value is -4.18. The summed E-state index contributed by atoms with van der Waals surface area (Å²) in [6.45, 7) is 2.43. The van der Waals surface area contributed by atoms with Gasteiger partial charge in [-0.1, -0.05) is 72.8 Å². The first-order chi connectivity index (χ1) is 16.1. The summed E-state index contributed by atoms with van der Waals surface area (Å²) < 4.78 is 0. The third-order valence-electron chi connectivity index (χ3n) is 5.34. The van der Waals surface area contributed by atoms with Crippen molar-refractivity contribution in [2.45, 2.75) is 19.9 Å². The predicted octanol–water partition coefficient (Wildman–Crippen LogP) is 6.02. The van der Waals surface area contributed by atoms with E-state index in [4.69, 9.17) is 0 Å². The summed E-state index contributed by atoms with van der Waals surface area (Å²) in [7, 11) is 0. The summed E-state index contributed by atoms with van der Waals surface area (Å²) in [5.41, 5.74) is 5.12. The van der Waals surface area contributed by atoms with Crippen LogP contribution in [0.1, 0.15) is 27.0 Å². The van der Waals surface area contributed by atoms with Crippen LogP contribution in [-0.2, 0) is 17.8 Å². The van der Waals surface area contributed by atoms with Gasteiger partial charge in [0.15, 0.2) is 0 Å². The molecule has 2 amide bonds. The van der Waals surface area contributed by atoms with Gasteiger partial charge in [-0.3, -0.25) is 9.59 Å². The topological polar surface area (TPSA) is 49.4 Å². The van der Waals surface area contributed by atoms with Crippen molar-refractivity contribution in [2.75, 3.05) is 10.2 Å². The fraction of sp³-hybridized carbons (Fsp3) is 0.103. The molecule has 4 heteroatoms. The second kappa shape index (κ2) is 10.4. The highest BCUT2D eigenvalue weighted by Gasteiger charge is 2.19. The van der Waals surface area contributed by atoms with E-state index in [1.165, 1.54) is 0 Å². The molecule has 164 valence electrons. The second-order valence-electron chi connectivity index (χ2n) is 8.01. The van der Waals surface area contributed by atoms with E-state index in [-0.39, 0.29) is 18.2 Å². The molecule has 4 aromatic rings. The van der Waals surface area contributed by atoms with Crippen LogP contribution in [0.4, 0.5) is 11.4 Å². The van der Waals surface area contributed by atoms with Gasteiger partial charge in [0.05, 0.1) is 13.0 Å². The van der Waals surface area contributed by atoms with Crippen molar-refractivity contribution in [3.8, 4) is 0 Å². The number of hydrogen-bond donors (Lipinski definition) is 1. The minimum absolute atomic E-state index is 0.0826. The monoisotopic (exact) mass is 434 g/mol. The Labute approximate surface area is 194 Å². The molecule has 0 atom stereocenters. The molecular formula is C29H26N2O2. The van der Waals surface area contributed by atoms with Crippen molar-refractivity contribution in [3.05, 3.63) is 131 Å². The van der Waals surface area contributed by atoms with Crippen molar-refractivity contribution in [2.24, 2.45) is 0 Å². The van der Waals surface area contributed by atoms with Gasteiger partial charge in [-0.15, -0.1) is 0 Å². The summed E-state index contributed by atoms with van der Waals surface area (Å²) in [4.78, 5) is 27.8. The minimum Gasteiger partial charge on any atom is -0.326 e. The Kier molecular flexibility index (Phi) is 6.96. The standard InChI is InChI=1S/C29H26N2O2/c1-22-10-8-16-26(18-22)30-28(32)20-24-13-9-17-27(19-24)31(21-23-11-4-2-5-12-23)29(33)25-14-6-3-7-15-25/h2-19H,20-21H2,1H3,(H,30,32). The Morgan fingerprint density at radius 1 is 0.727 bits per heavy atom. The highest BCUT2D eigenvalue weighted by atomic mass is 16.2. The highest BCUT2D eigenvalue weighted by molar-refractivity contribution is 6.06. The zero-order valence-corrected chi connectivity index (χ0v) is 18.6. The van der Waals surface area contributed by atoms with E-state index in [0.717, 1.165) is 28.1 Å². The van der Waals surface area contributed by atoms with E-state index in [2.05, 4.69) is 5.32 Å². The average Bonchev–Trinajstić information content (AvgIpc) is 2.83. The lowest BCUT2D eigenvalue weighted by Crippen LogP contribution is -2.30. The molecule has 0 radical (unpaired) electrons. The summed E-state index contributed by atoms with van der Waals surface area (Å²) in [6.07, 6.45) is 0.223. The molecule has 0 heterocycles. The van der Waals surface area contributed by atoms with E-state index < -0.39 is 0 Å². The van der Waals surface area contributed by atoms with Crippen LogP contribution in [0.25, 0.3) is 0 Å². The molecule has 0 aliphatic rings. The first-order valence-electron chi connectivity index (χ1n) is 10.9. The number of carbonyl (C=O) groups is 2. The van der Waals surface area contributed by atoms with Crippen LogP contribution < -0.4 is 10.2 Å². The van der Waals surface area contributed by atoms with Gasteiger partial charge in [0, 0.05) is 16.9 Å². The van der Waals surface area contributed by atoms with Gasteiger partial charge in [0.25, 0.3) is 5.91 Å². The molecule has 0 spiro atoms. The predicted molar refractivity (Wildman–Crippen MR) is 133 cm³/mol. The zero-order valence-electron chi connectivity index (χ0n) is 18.6. The van der Waals surface area contributed by atoms with E-state index >= 15 is 0 Å². The maximum atomic E-state index is 13.4. The smallest absolute Gasteiger partial charge is 0.258 e. The molecule has 1 N–H and O–H groups in total. The van der Waals surface area contributed by atoms with Crippen molar-refractivity contribution in [3.63, 3.8) is 0 Å². The fourth-order valence-electron chi connectivity index (χ4n) is 3.73. The molecule has 4 nitrogen and oxygen atoms in total. The summed E-state index contributed by atoms with van der Waals surface area (Å²) >= 11 is 0. The highest BCUT2D eigenvalue weighted by Crippen LogP contribution is 2.22. The number of anilines is 2. The molecule has 0 aliphatic carbocycles. The summed E-state index contributed by atoms with van der Waals surface area (Å²) in [5, 5.41) is 2.95. The Morgan fingerprint density at radius 2 is 1.39 bits per heavy atom. The lowest BCUT2D eigenvalue weighted by Gasteiger charge is -2.24. The third kappa shape index (κ3) is 5.95. The molecule has 4 aromatic carbocycles. The van der Waals surface area contributed by atoms with E-state index in [1.54, 1.807) is 4.90 Å². The first kappa shape index (κ1) is 22.0. The van der Waals surface area contributed by atoms with Gasteiger partial charge in [-0.2, -0.15) is 0 Å². The van der Waals surface area contributed by atoms with Crippen LogP contribution in [0, 0.1) is 6.92 Å². The largest absolute Gasteiger partial charge is 0.326 e. The number of carbonyl (C=O) groups excluding carboxylic acids is 2. The molecule has 0 saturated carbocycles. The summed E-state index contributed by atoms with van der Waals surface area (Å²) in [5.74, 6) is -0.178. The SMILES string of the molecule is Cc1cccc(NC(=O)Cc2cccc(N(Cc3ccccc3)C(=O)c3ccccc3)c2)c1. The van der Waals surface area contributed by atoms with E-state index in [9.17, 15) is 9.59 Å². The molecule has 0 saturated heterocycles. The van der Waals surface area contributed by atoms with Crippen molar-refractivity contribution in [1.29, 1.82) is 0 Å². The lowest BCUT2D eigenvalue weighted by molar-refractivity contribution is -0.115. The van der Waals surface area contributed by atoms with Crippen LogP contribution in [-0.4, -0.2) is 11.8 Å². The Balaban J connectivity index is 1.57. The van der Waals surface area contributed by atoms with E-state index in [0.29, 0.717) is 12.1 Å². The average molecular weight is 435 g/mol. The van der Waals surface area contributed by atoms with Gasteiger partial charge in [0.1, 0.15) is 0 Å². The number of rotatable bonds is 7. The van der Waals surface area contributed by atoms with Gasteiger partial charge >= 0.3 is 0 Å². The van der Waals surface area contributed by atoms with Gasteiger partial charge in [-0.05, 0) is 60.0 Å². The number of aryl methyl sites for hydroxylation is 1. The number of nitrogens with zero attached hydrogens (tertiary/aromatic N) is 1. The Morgan fingerprint density at radius 3 is 2.12 bits per heavy atom. The van der Waals surface area contributed by atoms with Crippen LogP contribution in [0.2, 0.25) is 0 Å². The molecule has 0 bridgehead atoms. The molecule has 0 aliphatic heterocycles. The molecule has 33 heavy (non-hydrogen) atoms. The number of amides is 2. The third-order valence-corrected chi connectivity index (χ3v) is 5.34. The molecule has 0 aromatic heterocycles. The lowest BCUT2D eigenvalue weighted by atomic mass is 10.1. The van der Waals surface area contributed by atoms with Crippen LogP contribution >= 0.6 is 0 Å². The van der Waals surface area contributed by atoms with Crippen molar-refractivity contribution < 1.29 is 9.59 Å². The van der Waals surface area contributed by atoms with Gasteiger partial charge < -0.3 is 10.2 Å². The summed E-state index contributed by atoms with van der Waals surface area (Å²) in [6, 6.07) is 34.5.